The van der Waals surface area contributed by atoms with Gasteiger partial charge in [0.25, 0.3) is 0 Å². The van der Waals surface area contributed by atoms with Crippen LogP contribution >= 0.6 is 0 Å². The first kappa shape index (κ1) is 24.1. The van der Waals surface area contributed by atoms with E-state index in [1.807, 2.05) is 54.6 Å². The van der Waals surface area contributed by atoms with E-state index in [9.17, 15) is 13.2 Å². The van der Waals surface area contributed by atoms with Crippen LogP contribution in [-0.4, -0.2) is 40.3 Å². The molecule has 0 fully saturated rings. The number of ether oxygens (including phenoxy) is 2. The van der Waals surface area contributed by atoms with Crippen molar-refractivity contribution >= 4 is 21.6 Å². The standard InChI is InChI=1S/C25H28N2O5S/c1-19(25(28)26-18-17-20-9-13-22(31-2)14-10-20)27(33(3,29)30)21-11-15-24(16-12-21)32-23-7-5-4-6-8-23/h4-16,19H,17-18H2,1-3H3,(H,26,28)/t19-/m1/s1. The Labute approximate surface area is 195 Å². The fourth-order valence-corrected chi connectivity index (χ4v) is 4.54. The summed E-state index contributed by atoms with van der Waals surface area (Å²) in [5.41, 5.74) is 1.42. The van der Waals surface area contributed by atoms with Crippen molar-refractivity contribution in [1.29, 1.82) is 0 Å². The van der Waals surface area contributed by atoms with Gasteiger partial charge in [-0.25, -0.2) is 8.42 Å². The van der Waals surface area contributed by atoms with E-state index < -0.39 is 16.1 Å². The molecule has 3 aromatic rings. The maximum atomic E-state index is 12.7. The maximum absolute atomic E-state index is 12.7. The Hall–Kier alpha value is -3.52. The molecule has 1 N–H and O–H groups in total. The van der Waals surface area contributed by atoms with Crippen LogP contribution in [-0.2, 0) is 21.2 Å². The molecule has 0 heterocycles. The number of carbonyl (C=O) groups excluding carboxylic acids is 1. The van der Waals surface area contributed by atoms with Crippen molar-refractivity contribution in [2.45, 2.75) is 19.4 Å². The predicted octanol–water partition coefficient (Wildman–Crippen LogP) is 4.00. The predicted molar refractivity (Wildman–Crippen MR) is 129 cm³/mol. The molecule has 0 aliphatic rings. The van der Waals surface area contributed by atoms with Gasteiger partial charge in [0.15, 0.2) is 0 Å². The van der Waals surface area contributed by atoms with Crippen LogP contribution < -0.4 is 19.1 Å². The monoisotopic (exact) mass is 468 g/mol. The summed E-state index contributed by atoms with van der Waals surface area (Å²) in [5, 5.41) is 2.82. The van der Waals surface area contributed by atoms with Crippen LogP contribution in [0.2, 0.25) is 0 Å². The van der Waals surface area contributed by atoms with Gasteiger partial charge in [-0.15, -0.1) is 0 Å². The molecule has 3 rings (SSSR count). The summed E-state index contributed by atoms with van der Waals surface area (Å²) < 4.78 is 37.0. The van der Waals surface area contributed by atoms with E-state index in [-0.39, 0.29) is 5.91 Å². The quantitative estimate of drug-likeness (QED) is 0.486. The Morgan fingerprint density at radius 1 is 0.909 bits per heavy atom. The number of para-hydroxylation sites is 1. The highest BCUT2D eigenvalue weighted by atomic mass is 32.2. The van der Waals surface area contributed by atoms with E-state index in [0.717, 1.165) is 21.9 Å². The maximum Gasteiger partial charge on any atom is 0.243 e. The summed E-state index contributed by atoms with van der Waals surface area (Å²) in [7, 11) is -2.10. The van der Waals surface area contributed by atoms with Crippen molar-refractivity contribution < 1.29 is 22.7 Å². The minimum atomic E-state index is -3.70. The number of hydrogen-bond acceptors (Lipinski definition) is 5. The molecule has 0 radical (unpaired) electrons. The molecule has 0 spiro atoms. The van der Waals surface area contributed by atoms with Crippen molar-refractivity contribution in [3.8, 4) is 17.2 Å². The molecule has 0 saturated heterocycles. The lowest BCUT2D eigenvalue weighted by molar-refractivity contribution is -0.121. The van der Waals surface area contributed by atoms with Gasteiger partial charge in [-0.3, -0.25) is 9.10 Å². The Kier molecular flexibility index (Phi) is 7.95. The smallest absolute Gasteiger partial charge is 0.243 e. The second-order valence-corrected chi connectivity index (χ2v) is 9.39. The van der Waals surface area contributed by atoms with E-state index >= 15 is 0 Å². The molecule has 0 aromatic heterocycles. The minimum absolute atomic E-state index is 0.376. The third-order valence-corrected chi connectivity index (χ3v) is 6.27. The van der Waals surface area contributed by atoms with Gasteiger partial charge in [-0.05, 0) is 67.4 Å². The largest absolute Gasteiger partial charge is 0.497 e. The molecular formula is C25H28N2O5S. The molecule has 8 heteroatoms. The van der Waals surface area contributed by atoms with Crippen LogP contribution in [0.15, 0.2) is 78.9 Å². The molecule has 0 saturated carbocycles. The number of rotatable bonds is 10. The summed E-state index contributed by atoms with van der Waals surface area (Å²) >= 11 is 0. The van der Waals surface area contributed by atoms with Crippen LogP contribution in [0.5, 0.6) is 17.2 Å². The molecule has 1 atom stereocenters. The zero-order chi connectivity index (χ0) is 23.8. The Balaban J connectivity index is 1.65. The molecule has 1 amide bonds. The summed E-state index contributed by atoms with van der Waals surface area (Å²) in [6, 6.07) is 22.5. The van der Waals surface area contributed by atoms with Crippen molar-refractivity contribution in [3.05, 3.63) is 84.4 Å². The lowest BCUT2D eigenvalue weighted by Gasteiger charge is -2.28. The number of amides is 1. The fraction of sp³-hybridized carbons (Fsp3) is 0.240. The molecule has 7 nitrogen and oxygen atoms in total. The normalized spacial score (nSPS) is 12.0. The van der Waals surface area contributed by atoms with Gasteiger partial charge in [0, 0.05) is 6.54 Å². The molecular weight excluding hydrogens is 440 g/mol. The third kappa shape index (κ3) is 6.73. The summed E-state index contributed by atoms with van der Waals surface area (Å²) in [6.07, 6.45) is 1.70. The van der Waals surface area contributed by atoms with Gasteiger partial charge in [0.1, 0.15) is 23.3 Å². The van der Waals surface area contributed by atoms with Crippen molar-refractivity contribution in [2.75, 3.05) is 24.2 Å². The molecule has 0 aliphatic carbocycles. The average molecular weight is 469 g/mol. The first-order chi connectivity index (χ1) is 15.8. The van der Waals surface area contributed by atoms with Gasteiger partial charge < -0.3 is 14.8 Å². The van der Waals surface area contributed by atoms with Gasteiger partial charge in [-0.1, -0.05) is 30.3 Å². The van der Waals surface area contributed by atoms with Crippen LogP contribution in [0.1, 0.15) is 12.5 Å². The van der Waals surface area contributed by atoms with Crippen LogP contribution in [0.3, 0.4) is 0 Å². The minimum Gasteiger partial charge on any atom is -0.497 e. The highest BCUT2D eigenvalue weighted by Gasteiger charge is 2.29. The van der Waals surface area contributed by atoms with E-state index in [1.54, 1.807) is 38.3 Å². The number of methoxy groups -OCH3 is 1. The number of nitrogens with zero attached hydrogens (tertiary/aromatic N) is 1. The van der Waals surface area contributed by atoms with Gasteiger partial charge in [0.2, 0.25) is 15.9 Å². The lowest BCUT2D eigenvalue weighted by Crippen LogP contribution is -2.48. The highest BCUT2D eigenvalue weighted by Crippen LogP contribution is 2.27. The van der Waals surface area contributed by atoms with Crippen molar-refractivity contribution in [3.63, 3.8) is 0 Å². The number of benzene rings is 3. The number of anilines is 1. The van der Waals surface area contributed by atoms with Crippen molar-refractivity contribution in [2.24, 2.45) is 0 Å². The Morgan fingerprint density at radius 2 is 1.48 bits per heavy atom. The SMILES string of the molecule is COc1ccc(CCNC(=O)[C@@H](C)N(c2ccc(Oc3ccccc3)cc2)S(C)(=O)=O)cc1. The molecule has 33 heavy (non-hydrogen) atoms. The first-order valence-corrected chi connectivity index (χ1v) is 12.4. The number of hydrogen-bond donors (Lipinski definition) is 1. The molecule has 0 aliphatic heterocycles. The fourth-order valence-electron chi connectivity index (χ4n) is 3.36. The second kappa shape index (κ2) is 10.9. The first-order valence-electron chi connectivity index (χ1n) is 10.5. The van der Waals surface area contributed by atoms with Gasteiger partial charge >= 0.3 is 0 Å². The Morgan fingerprint density at radius 3 is 2.06 bits per heavy atom. The van der Waals surface area contributed by atoms with Crippen LogP contribution in [0.4, 0.5) is 5.69 Å². The van der Waals surface area contributed by atoms with Gasteiger partial charge in [0.05, 0.1) is 19.1 Å². The average Bonchev–Trinajstić information content (AvgIpc) is 2.80. The van der Waals surface area contributed by atoms with E-state index in [2.05, 4.69) is 5.32 Å². The lowest BCUT2D eigenvalue weighted by atomic mass is 10.1. The molecule has 174 valence electrons. The summed E-state index contributed by atoms with van der Waals surface area (Å²) in [4.78, 5) is 12.7. The van der Waals surface area contributed by atoms with Gasteiger partial charge in [-0.2, -0.15) is 0 Å². The summed E-state index contributed by atoms with van der Waals surface area (Å²) in [5.74, 6) is 1.63. The molecule has 0 bridgehead atoms. The van der Waals surface area contributed by atoms with E-state index in [4.69, 9.17) is 9.47 Å². The van der Waals surface area contributed by atoms with Crippen LogP contribution in [0.25, 0.3) is 0 Å². The highest BCUT2D eigenvalue weighted by molar-refractivity contribution is 7.92. The zero-order valence-electron chi connectivity index (χ0n) is 18.9. The zero-order valence-corrected chi connectivity index (χ0v) is 19.7. The molecule has 0 unspecified atom stereocenters. The summed E-state index contributed by atoms with van der Waals surface area (Å²) in [6.45, 7) is 1.95. The topological polar surface area (TPSA) is 84.9 Å². The third-order valence-electron chi connectivity index (χ3n) is 5.03. The molecule has 3 aromatic carbocycles. The van der Waals surface area contributed by atoms with Crippen LogP contribution in [0, 0.1) is 0 Å². The number of sulfonamides is 1. The van der Waals surface area contributed by atoms with E-state index in [0.29, 0.717) is 30.2 Å². The number of nitrogens with one attached hydrogen (secondary N) is 1. The number of carbonyl (C=O) groups is 1. The van der Waals surface area contributed by atoms with Crippen molar-refractivity contribution in [1.82, 2.24) is 5.32 Å². The van der Waals surface area contributed by atoms with E-state index in [1.165, 1.54) is 0 Å². The second-order valence-electron chi connectivity index (χ2n) is 7.53. The Bertz CT molecular complexity index is 1150.